The van der Waals surface area contributed by atoms with Crippen molar-refractivity contribution >= 4 is 18.3 Å². The van der Waals surface area contributed by atoms with Gasteiger partial charge in [0, 0.05) is 0 Å². The zero-order valence-corrected chi connectivity index (χ0v) is 13.6. The Balaban J connectivity index is 0.00000441. The highest BCUT2D eigenvalue weighted by Gasteiger charge is 2.27. The highest BCUT2D eigenvalue weighted by molar-refractivity contribution is 5.85. The molecule has 1 atom stereocenters. The molecule has 22 heavy (non-hydrogen) atoms. The molecule has 0 fully saturated rings. The van der Waals surface area contributed by atoms with Gasteiger partial charge in [-0.15, -0.1) is 12.4 Å². The average molecular weight is 337 g/mol. The van der Waals surface area contributed by atoms with Crippen molar-refractivity contribution in [1.82, 2.24) is 5.32 Å². The first kappa shape index (κ1) is 20.6. The molecule has 126 valence electrons. The number of hydrogen-bond acceptors (Lipinski definition) is 3. The minimum absolute atomic E-state index is 0. The Hall–Kier alpha value is -1.40. The summed E-state index contributed by atoms with van der Waals surface area (Å²) in [6, 6.07) is 7.41. The Kier molecular flexibility index (Phi) is 8.97. The van der Waals surface area contributed by atoms with E-state index in [1.54, 1.807) is 6.07 Å². The number of nitrogens with one attached hydrogen (secondary N) is 1. The van der Waals surface area contributed by atoms with Crippen molar-refractivity contribution < 1.29 is 18.3 Å². The van der Waals surface area contributed by atoms with E-state index in [1.165, 1.54) is 0 Å². The zero-order valence-electron chi connectivity index (χ0n) is 12.8. The van der Waals surface area contributed by atoms with Crippen molar-refractivity contribution in [2.45, 2.75) is 32.1 Å². The van der Waals surface area contributed by atoms with Crippen molar-refractivity contribution in [2.75, 3.05) is 19.7 Å². The molecule has 0 aromatic heterocycles. The molecule has 0 bridgehead atoms. The van der Waals surface area contributed by atoms with Gasteiger partial charge < -0.3 is 15.8 Å². The van der Waals surface area contributed by atoms with Crippen LogP contribution in [0.15, 0.2) is 24.3 Å². The predicted octanol–water partition coefficient (Wildman–Crippen LogP) is 2.71. The lowest BCUT2D eigenvalue weighted by atomic mass is 9.98. The van der Waals surface area contributed by atoms with Gasteiger partial charge in [-0.1, -0.05) is 32.0 Å². The topological polar surface area (TPSA) is 64.3 Å². The van der Waals surface area contributed by atoms with Gasteiger partial charge in [0.1, 0.15) is 5.75 Å². The van der Waals surface area contributed by atoms with Crippen LogP contribution in [0.3, 0.4) is 0 Å². The highest BCUT2D eigenvalue weighted by Crippen LogP contribution is 2.28. The van der Waals surface area contributed by atoms with Gasteiger partial charge in [-0.05, 0) is 24.0 Å². The SMILES string of the molecule is CCC(C)c1ccccc1OCC(=O)NCC(F)(F)CN.Cl. The lowest BCUT2D eigenvalue weighted by Crippen LogP contribution is -2.43. The Bertz CT molecular complexity index is 473. The molecule has 1 unspecified atom stereocenters. The van der Waals surface area contributed by atoms with Gasteiger partial charge >= 0.3 is 0 Å². The maximum absolute atomic E-state index is 12.9. The number of benzene rings is 1. The van der Waals surface area contributed by atoms with Gasteiger partial charge in [-0.3, -0.25) is 4.79 Å². The normalized spacial score (nSPS) is 12.2. The van der Waals surface area contributed by atoms with Crippen LogP contribution in [0.1, 0.15) is 31.7 Å². The summed E-state index contributed by atoms with van der Waals surface area (Å²) < 4.78 is 31.3. The Morgan fingerprint density at radius 2 is 2.05 bits per heavy atom. The molecule has 0 spiro atoms. The molecule has 7 heteroatoms. The molecule has 1 rings (SSSR count). The van der Waals surface area contributed by atoms with Gasteiger partial charge in [0.25, 0.3) is 11.8 Å². The fourth-order valence-corrected chi connectivity index (χ4v) is 1.73. The van der Waals surface area contributed by atoms with Crippen LogP contribution in [0.2, 0.25) is 0 Å². The van der Waals surface area contributed by atoms with Gasteiger partial charge in [-0.2, -0.15) is 0 Å². The van der Waals surface area contributed by atoms with E-state index in [-0.39, 0.29) is 19.0 Å². The van der Waals surface area contributed by atoms with Crippen LogP contribution in [0.5, 0.6) is 5.75 Å². The number of para-hydroxylation sites is 1. The lowest BCUT2D eigenvalue weighted by molar-refractivity contribution is -0.124. The number of carbonyl (C=O) groups is 1. The van der Waals surface area contributed by atoms with Crippen LogP contribution in [-0.2, 0) is 4.79 Å². The average Bonchev–Trinajstić information content (AvgIpc) is 2.50. The van der Waals surface area contributed by atoms with Gasteiger partial charge in [0.15, 0.2) is 6.61 Å². The van der Waals surface area contributed by atoms with Crippen molar-refractivity contribution in [1.29, 1.82) is 0 Å². The Morgan fingerprint density at radius 1 is 1.41 bits per heavy atom. The minimum atomic E-state index is -3.09. The van der Waals surface area contributed by atoms with Gasteiger partial charge in [0.05, 0.1) is 13.1 Å². The van der Waals surface area contributed by atoms with Gasteiger partial charge in [0.2, 0.25) is 0 Å². The molecule has 0 aliphatic carbocycles. The molecular weight excluding hydrogens is 314 g/mol. The van der Waals surface area contributed by atoms with E-state index in [1.807, 2.05) is 18.2 Å². The molecule has 0 heterocycles. The number of alkyl halides is 2. The predicted molar refractivity (Wildman–Crippen MR) is 84.9 cm³/mol. The molecule has 1 aromatic carbocycles. The highest BCUT2D eigenvalue weighted by atomic mass is 35.5. The maximum Gasteiger partial charge on any atom is 0.277 e. The Labute approximate surface area is 135 Å². The number of carbonyl (C=O) groups excluding carboxylic acids is 1. The van der Waals surface area contributed by atoms with Crippen molar-refractivity contribution in [3.05, 3.63) is 29.8 Å². The first-order valence-electron chi connectivity index (χ1n) is 6.96. The number of ether oxygens (including phenoxy) is 1. The fraction of sp³-hybridized carbons (Fsp3) is 0.533. The third-order valence-corrected chi connectivity index (χ3v) is 3.26. The van der Waals surface area contributed by atoms with Crippen molar-refractivity contribution in [3.63, 3.8) is 0 Å². The first-order valence-corrected chi connectivity index (χ1v) is 6.96. The van der Waals surface area contributed by atoms with E-state index >= 15 is 0 Å². The summed E-state index contributed by atoms with van der Waals surface area (Å²) in [6.45, 7) is 2.24. The summed E-state index contributed by atoms with van der Waals surface area (Å²) in [5.41, 5.74) is 5.89. The summed E-state index contributed by atoms with van der Waals surface area (Å²) in [4.78, 5) is 11.5. The zero-order chi connectivity index (χ0) is 15.9. The smallest absolute Gasteiger partial charge is 0.277 e. The summed E-state index contributed by atoms with van der Waals surface area (Å²) in [7, 11) is 0. The molecule has 4 nitrogen and oxygen atoms in total. The molecule has 1 amide bonds. The molecule has 0 saturated heterocycles. The number of halogens is 3. The van der Waals surface area contributed by atoms with E-state index in [9.17, 15) is 13.6 Å². The summed E-state index contributed by atoms with van der Waals surface area (Å²) >= 11 is 0. The van der Waals surface area contributed by atoms with Crippen LogP contribution in [0.4, 0.5) is 8.78 Å². The molecule has 0 aliphatic heterocycles. The summed E-state index contributed by atoms with van der Waals surface area (Å²) in [5, 5.41) is 2.11. The van der Waals surface area contributed by atoms with E-state index < -0.39 is 24.9 Å². The molecule has 0 radical (unpaired) electrons. The van der Waals surface area contributed by atoms with E-state index in [2.05, 4.69) is 19.2 Å². The quantitative estimate of drug-likeness (QED) is 0.767. The lowest BCUT2D eigenvalue weighted by Gasteiger charge is -2.17. The minimum Gasteiger partial charge on any atom is -0.483 e. The monoisotopic (exact) mass is 336 g/mol. The number of nitrogens with two attached hydrogens (primary N) is 1. The number of rotatable bonds is 8. The number of hydrogen-bond donors (Lipinski definition) is 2. The molecule has 3 N–H and O–H groups in total. The van der Waals surface area contributed by atoms with Crippen LogP contribution in [0.25, 0.3) is 0 Å². The molecular formula is C15H23ClF2N2O2. The van der Waals surface area contributed by atoms with Crippen LogP contribution < -0.4 is 15.8 Å². The second-order valence-electron chi connectivity index (χ2n) is 4.97. The number of amides is 1. The second kappa shape index (κ2) is 9.58. The van der Waals surface area contributed by atoms with Gasteiger partial charge in [-0.25, -0.2) is 8.78 Å². The molecule has 1 aromatic rings. The maximum atomic E-state index is 12.9. The fourth-order valence-electron chi connectivity index (χ4n) is 1.73. The van der Waals surface area contributed by atoms with Crippen LogP contribution >= 0.6 is 12.4 Å². The Morgan fingerprint density at radius 3 is 2.64 bits per heavy atom. The summed E-state index contributed by atoms with van der Waals surface area (Å²) in [6.07, 6.45) is 0.940. The second-order valence-corrected chi connectivity index (χ2v) is 4.97. The van der Waals surface area contributed by atoms with E-state index in [4.69, 9.17) is 10.5 Å². The third kappa shape index (κ3) is 6.58. The molecule has 0 saturated carbocycles. The van der Waals surface area contributed by atoms with E-state index in [0.717, 1.165) is 12.0 Å². The van der Waals surface area contributed by atoms with Crippen molar-refractivity contribution in [3.8, 4) is 5.75 Å². The third-order valence-electron chi connectivity index (χ3n) is 3.26. The largest absolute Gasteiger partial charge is 0.483 e. The summed E-state index contributed by atoms with van der Waals surface area (Å²) in [5.74, 6) is -2.79. The van der Waals surface area contributed by atoms with Crippen LogP contribution in [-0.4, -0.2) is 31.5 Å². The molecule has 0 aliphatic rings. The van der Waals surface area contributed by atoms with E-state index in [0.29, 0.717) is 11.7 Å². The van der Waals surface area contributed by atoms with Crippen molar-refractivity contribution in [2.24, 2.45) is 5.73 Å². The first-order chi connectivity index (χ1) is 9.89. The van der Waals surface area contributed by atoms with Crippen LogP contribution in [0, 0.1) is 0 Å². The standard InChI is InChI=1S/C15H22F2N2O2.ClH/c1-3-11(2)12-6-4-5-7-13(12)21-8-14(20)19-10-15(16,17)9-18;/h4-7,11H,3,8-10,18H2,1-2H3,(H,19,20);1H.